The number of rotatable bonds is 2. The maximum absolute atomic E-state index is 11.0. The molecule has 92 valence electrons. The van der Waals surface area contributed by atoms with Gasteiger partial charge in [-0.1, -0.05) is 0 Å². The molecule has 0 spiro atoms. The van der Waals surface area contributed by atoms with Gasteiger partial charge in [0.05, 0.1) is 11.8 Å². The fraction of sp³-hybridized carbons (Fsp3) is 0.455. The van der Waals surface area contributed by atoms with E-state index >= 15 is 0 Å². The Bertz CT molecular complexity index is 437. The third-order valence-corrected chi connectivity index (χ3v) is 2.86. The highest BCUT2D eigenvalue weighted by Gasteiger charge is 2.41. The van der Waals surface area contributed by atoms with Crippen LogP contribution in [0.15, 0.2) is 18.3 Å². The fourth-order valence-corrected chi connectivity index (χ4v) is 1.85. The minimum atomic E-state index is -1.05. The summed E-state index contributed by atoms with van der Waals surface area (Å²) in [5.74, 6) is -0.574. The Balaban J connectivity index is 2.29. The molecule has 4 N–H and O–H groups in total. The first kappa shape index (κ1) is 12.0. The lowest BCUT2D eigenvalue weighted by Gasteiger charge is -2.14. The summed E-state index contributed by atoms with van der Waals surface area (Å²) in [6.07, 6.45) is -1.81. The molecule has 2 rings (SSSR count). The number of ether oxygens (including phenoxy) is 1. The third-order valence-electron chi connectivity index (χ3n) is 2.86. The highest BCUT2D eigenvalue weighted by atomic mass is 16.5. The van der Waals surface area contributed by atoms with Crippen LogP contribution in [0.2, 0.25) is 0 Å². The van der Waals surface area contributed by atoms with Crippen LogP contribution >= 0.6 is 0 Å². The van der Waals surface area contributed by atoms with Crippen molar-refractivity contribution < 1.29 is 19.7 Å². The van der Waals surface area contributed by atoms with Crippen LogP contribution in [-0.2, 0) is 4.74 Å². The average Bonchev–Trinajstić information content (AvgIpc) is 2.57. The summed E-state index contributed by atoms with van der Waals surface area (Å²) in [4.78, 5) is 15.0. The number of amides is 1. The molecule has 6 heteroatoms. The summed E-state index contributed by atoms with van der Waals surface area (Å²) in [6.45, 7) is 1.66. The normalized spacial score (nSPS) is 32.6. The van der Waals surface area contributed by atoms with Crippen LogP contribution < -0.4 is 5.73 Å². The van der Waals surface area contributed by atoms with Gasteiger partial charge in [0.15, 0.2) is 0 Å². The van der Waals surface area contributed by atoms with Crippen molar-refractivity contribution in [1.29, 1.82) is 0 Å². The lowest BCUT2D eigenvalue weighted by molar-refractivity contribution is 0.0125. The molecule has 1 saturated heterocycles. The first-order chi connectivity index (χ1) is 8.00. The second-order valence-corrected chi connectivity index (χ2v) is 4.08. The van der Waals surface area contributed by atoms with Crippen molar-refractivity contribution in [2.75, 3.05) is 0 Å². The zero-order valence-corrected chi connectivity index (χ0v) is 9.28. The molecule has 2 heterocycles. The molecule has 1 amide bonds. The first-order valence-electron chi connectivity index (χ1n) is 5.28. The molecule has 0 aliphatic carbocycles. The van der Waals surface area contributed by atoms with Gasteiger partial charge in [0.1, 0.15) is 18.3 Å². The predicted molar refractivity (Wildman–Crippen MR) is 58.1 cm³/mol. The number of aliphatic hydroxyl groups excluding tert-OH is 2. The van der Waals surface area contributed by atoms with Gasteiger partial charge in [-0.3, -0.25) is 9.78 Å². The highest BCUT2D eigenvalue weighted by molar-refractivity contribution is 5.92. The largest absolute Gasteiger partial charge is 0.388 e. The number of nitrogens with zero attached hydrogens (tertiary/aromatic N) is 1. The minimum Gasteiger partial charge on any atom is -0.388 e. The van der Waals surface area contributed by atoms with Gasteiger partial charge in [0.2, 0.25) is 5.91 Å². The zero-order valence-electron chi connectivity index (χ0n) is 9.28. The maximum Gasteiger partial charge on any atom is 0.248 e. The summed E-state index contributed by atoms with van der Waals surface area (Å²) in [7, 11) is 0. The first-order valence-corrected chi connectivity index (χ1v) is 5.28. The summed E-state index contributed by atoms with van der Waals surface area (Å²) in [6, 6.07) is 2.94. The van der Waals surface area contributed by atoms with E-state index in [0.29, 0.717) is 11.3 Å². The van der Waals surface area contributed by atoms with Gasteiger partial charge in [-0.25, -0.2) is 0 Å². The Morgan fingerprint density at radius 1 is 1.47 bits per heavy atom. The van der Waals surface area contributed by atoms with E-state index in [1.165, 1.54) is 18.3 Å². The number of aromatic nitrogens is 1. The summed E-state index contributed by atoms with van der Waals surface area (Å²) in [5, 5.41) is 19.4. The van der Waals surface area contributed by atoms with Crippen molar-refractivity contribution in [3.8, 4) is 0 Å². The molecule has 17 heavy (non-hydrogen) atoms. The van der Waals surface area contributed by atoms with Gasteiger partial charge in [-0.15, -0.1) is 0 Å². The molecule has 1 aromatic heterocycles. The minimum absolute atomic E-state index is 0.292. The third kappa shape index (κ3) is 2.14. The van der Waals surface area contributed by atoms with Gasteiger partial charge >= 0.3 is 0 Å². The van der Waals surface area contributed by atoms with Crippen LogP contribution in [-0.4, -0.2) is 39.4 Å². The zero-order chi connectivity index (χ0) is 12.6. The maximum atomic E-state index is 11.0. The summed E-state index contributed by atoms with van der Waals surface area (Å²) < 4.78 is 5.39. The molecule has 0 bridgehead atoms. The molecule has 0 radical (unpaired) electrons. The molecular formula is C11H14N2O4. The van der Waals surface area contributed by atoms with E-state index in [-0.39, 0.29) is 0 Å². The van der Waals surface area contributed by atoms with Crippen molar-refractivity contribution in [2.24, 2.45) is 5.73 Å². The molecule has 1 aliphatic heterocycles. The second-order valence-electron chi connectivity index (χ2n) is 4.08. The van der Waals surface area contributed by atoms with Crippen LogP contribution in [0.4, 0.5) is 0 Å². The van der Waals surface area contributed by atoms with Gasteiger partial charge in [-0.05, 0) is 19.1 Å². The number of carbonyl (C=O) groups excluding carboxylic acids is 1. The van der Waals surface area contributed by atoms with Crippen molar-refractivity contribution in [3.63, 3.8) is 0 Å². The Hall–Kier alpha value is -1.50. The van der Waals surface area contributed by atoms with Crippen LogP contribution in [0.25, 0.3) is 0 Å². The van der Waals surface area contributed by atoms with Crippen molar-refractivity contribution in [3.05, 3.63) is 29.6 Å². The Labute approximate surface area is 98.0 Å². The molecule has 1 aliphatic rings. The second kappa shape index (κ2) is 4.40. The molecule has 6 nitrogen and oxygen atoms in total. The lowest BCUT2D eigenvalue weighted by Crippen LogP contribution is -2.29. The van der Waals surface area contributed by atoms with E-state index in [1.807, 2.05) is 0 Å². The number of pyridine rings is 1. The highest BCUT2D eigenvalue weighted by Crippen LogP contribution is 2.32. The van der Waals surface area contributed by atoms with E-state index in [1.54, 1.807) is 6.92 Å². The van der Waals surface area contributed by atoms with E-state index in [0.717, 1.165) is 0 Å². The predicted octanol–water partition coefficient (Wildman–Crippen LogP) is -0.638. The average molecular weight is 238 g/mol. The van der Waals surface area contributed by atoms with E-state index < -0.39 is 30.3 Å². The van der Waals surface area contributed by atoms with Gasteiger partial charge < -0.3 is 20.7 Å². The molecule has 0 unspecified atom stereocenters. The van der Waals surface area contributed by atoms with Crippen LogP contribution in [0.5, 0.6) is 0 Å². The summed E-state index contributed by atoms with van der Waals surface area (Å²) in [5.41, 5.74) is 5.83. The van der Waals surface area contributed by atoms with E-state index in [2.05, 4.69) is 4.98 Å². The SMILES string of the molecule is C[C@H]1O[C@@H](c2cc(C(N)=O)ccn2)[C@H](O)[C@@H]1O. The quantitative estimate of drug-likeness (QED) is 0.635. The monoisotopic (exact) mass is 238 g/mol. The van der Waals surface area contributed by atoms with Gasteiger partial charge in [0.25, 0.3) is 0 Å². The Morgan fingerprint density at radius 3 is 2.71 bits per heavy atom. The van der Waals surface area contributed by atoms with Crippen LogP contribution in [0.3, 0.4) is 0 Å². The standard InChI is InChI=1S/C11H14N2O4/c1-5-8(14)9(15)10(17-5)7-4-6(11(12)16)2-3-13-7/h2-5,8-10,14-15H,1H3,(H2,12,16)/t5-,8-,9-,10+/m1/s1. The van der Waals surface area contributed by atoms with E-state index in [9.17, 15) is 15.0 Å². The fourth-order valence-electron chi connectivity index (χ4n) is 1.85. The Kier molecular flexibility index (Phi) is 3.10. The Morgan fingerprint density at radius 2 is 2.18 bits per heavy atom. The van der Waals surface area contributed by atoms with E-state index in [4.69, 9.17) is 10.5 Å². The summed E-state index contributed by atoms with van der Waals surface area (Å²) >= 11 is 0. The van der Waals surface area contributed by atoms with Crippen LogP contribution in [0.1, 0.15) is 29.1 Å². The topological polar surface area (TPSA) is 106 Å². The smallest absolute Gasteiger partial charge is 0.248 e. The molecule has 0 aromatic carbocycles. The molecule has 1 aromatic rings. The number of hydrogen-bond acceptors (Lipinski definition) is 5. The van der Waals surface area contributed by atoms with Crippen molar-refractivity contribution >= 4 is 5.91 Å². The molecule has 4 atom stereocenters. The van der Waals surface area contributed by atoms with Gasteiger partial charge in [0, 0.05) is 11.8 Å². The van der Waals surface area contributed by atoms with Crippen molar-refractivity contribution in [1.82, 2.24) is 4.98 Å². The number of hydrogen-bond donors (Lipinski definition) is 3. The molecule has 0 saturated carbocycles. The number of primary amides is 1. The lowest BCUT2D eigenvalue weighted by atomic mass is 10.0. The molecule has 1 fully saturated rings. The molecular weight excluding hydrogens is 224 g/mol. The number of aliphatic hydroxyl groups is 2. The number of nitrogens with two attached hydrogens (primary N) is 1. The van der Waals surface area contributed by atoms with Crippen LogP contribution in [0, 0.1) is 0 Å². The van der Waals surface area contributed by atoms with Crippen molar-refractivity contribution in [2.45, 2.75) is 31.3 Å². The number of carbonyl (C=O) groups is 1. The van der Waals surface area contributed by atoms with Gasteiger partial charge in [-0.2, -0.15) is 0 Å².